The summed E-state index contributed by atoms with van der Waals surface area (Å²) in [6.07, 6.45) is 2.02. The van der Waals surface area contributed by atoms with Gasteiger partial charge in [0.05, 0.1) is 42.4 Å². The van der Waals surface area contributed by atoms with E-state index in [-0.39, 0.29) is 23.6 Å². The first-order valence-electron chi connectivity index (χ1n) is 8.54. The molecule has 1 amide bonds. The van der Waals surface area contributed by atoms with Crippen LogP contribution in [0.15, 0.2) is 30.6 Å². The van der Waals surface area contributed by atoms with Crippen LogP contribution in [0.5, 0.6) is 0 Å². The number of carbonyl (C=O) groups is 1. The lowest BCUT2D eigenvalue weighted by molar-refractivity contribution is -0.122. The van der Waals surface area contributed by atoms with Gasteiger partial charge in [-0.05, 0) is 12.1 Å². The van der Waals surface area contributed by atoms with Gasteiger partial charge in [0.2, 0.25) is 15.9 Å². The van der Waals surface area contributed by atoms with Crippen LogP contribution in [-0.2, 0) is 26.1 Å². The number of imidazole rings is 1. The minimum atomic E-state index is -3.33. The second-order valence-corrected chi connectivity index (χ2v) is 8.94. The van der Waals surface area contributed by atoms with Gasteiger partial charge in [0.15, 0.2) is 0 Å². The minimum absolute atomic E-state index is 0.0307. The van der Waals surface area contributed by atoms with Gasteiger partial charge in [-0.2, -0.15) is 0 Å². The van der Waals surface area contributed by atoms with E-state index < -0.39 is 10.0 Å². The molecule has 1 saturated heterocycles. The maximum absolute atomic E-state index is 12.3. The van der Waals surface area contributed by atoms with E-state index in [1.165, 1.54) is 18.4 Å². The second-order valence-electron chi connectivity index (χ2n) is 6.71. The molecule has 9 heteroatoms. The van der Waals surface area contributed by atoms with Crippen molar-refractivity contribution in [3.05, 3.63) is 30.6 Å². The molecular formula is C17H24N4O4S. The van der Waals surface area contributed by atoms with Crippen molar-refractivity contribution in [3.63, 3.8) is 0 Å². The molecule has 0 unspecified atom stereocenters. The number of hydrogen-bond acceptors (Lipinski definition) is 5. The van der Waals surface area contributed by atoms with Crippen LogP contribution in [0.1, 0.15) is 6.42 Å². The number of aryl methyl sites for hydroxylation is 1. The summed E-state index contributed by atoms with van der Waals surface area (Å²) in [5.41, 5.74) is 1.88. The van der Waals surface area contributed by atoms with Crippen LogP contribution in [0.4, 0.5) is 0 Å². The summed E-state index contributed by atoms with van der Waals surface area (Å²) in [6.45, 7) is 1.19. The number of nitrogens with zero attached hydrogens (tertiary/aromatic N) is 3. The molecule has 142 valence electrons. The number of rotatable bonds is 7. The molecule has 1 aliphatic heterocycles. The Morgan fingerprint density at radius 1 is 1.35 bits per heavy atom. The molecule has 1 aliphatic rings. The predicted molar refractivity (Wildman–Crippen MR) is 98.1 cm³/mol. The standard InChI is InChI=1S/C17H24N4O4S/c1-20(2)26(23,24)11-13-9-25-10-15(13)19-17(22)7-8-21-12-18-14-5-3-4-6-16(14)21/h3-6,12-13,15H,7-11H2,1-2H3,(H,19,22)/t13-,15-/m0/s1. The summed E-state index contributed by atoms with van der Waals surface area (Å²) in [5.74, 6) is -0.386. The first-order valence-corrected chi connectivity index (χ1v) is 10.1. The number of para-hydroxylation sites is 2. The van der Waals surface area contributed by atoms with Gasteiger partial charge >= 0.3 is 0 Å². The third-order valence-corrected chi connectivity index (χ3v) is 6.59. The Morgan fingerprint density at radius 3 is 2.88 bits per heavy atom. The molecule has 3 rings (SSSR count). The van der Waals surface area contributed by atoms with Crippen molar-refractivity contribution in [2.24, 2.45) is 5.92 Å². The molecule has 1 N–H and O–H groups in total. The van der Waals surface area contributed by atoms with Crippen molar-refractivity contribution < 1.29 is 17.9 Å². The number of amides is 1. The van der Waals surface area contributed by atoms with E-state index in [9.17, 15) is 13.2 Å². The van der Waals surface area contributed by atoms with Crippen molar-refractivity contribution in [2.75, 3.05) is 33.1 Å². The molecule has 0 bridgehead atoms. The number of ether oxygens (including phenoxy) is 1. The smallest absolute Gasteiger partial charge is 0.222 e. The summed E-state index contributed by atoms with van der Waals surface area (Å²) >= 11 is 0. The minimum Gasteiger partial charge on any atom is -0.379 e. The second kappa shape index (κ2) is 7.73. The molecule has 1 aromatic carbocycles. The lowest BCUT2D eigenvalue weighted by Gasteiger charge is -2.21. The highest BCUT2D eigenvalue weighted by molar-refractivity contribution is 7.89. The quantitative estimate of drug-likeness (QED) is 0.753. The fourth-order valence-electron chi connectivity index (χ4n) is 3.03. The molecule has 0 spiro atoms. The molecule has 1 fully saturated rings. The molecular weight excluding hydrogens is 356 g/mol. The van der Waals surface area contributed by atoms with E-state index in [1.807, 2.05) is 28.8 Å². The number of aromatic nitrogens is 2. The lowest BCUT2D eigenvalue weighted by Crippen LogP contribution is -2.43. The van der Waals surface area contributed by atoms with Crippen LogP contribution in [-0.4, -0.2) is 67.3 Å². The predicted octanol–water partition coefficient (Wildman–Crippen LogP) is 0.449. The van der Waals surface area contributed by atoms with Crippen LogP contribution in [0, 0.1) is 5.92 Å². The third kappa shape index (κ3) is 4.22. The summed E-state index contributed by atoms with van der Waals surface area (Å²) in [5, 5.41) is 2.92. The zero-order valence-electron chi connectivity index (χ0n) is 15.0. The van der Waals surface area contributed by atoms with Crippen molar-refractivity contribution in [2.45, 2.75) is 19.0 Å². The SMILES string of the molecule is CN(C)S(=O)(=O)C[C@@H]1COC[C@@H]1NC(=O)CCn1cnc2ccccc21. The Morgan fingerprint density at radius 2 is 2.12 bits per heavy atom. The molecule has 0 radical (unpaired) electrons. The van der Waals surface area contributed by atoms with Crippen molar-refractivity contribution in [3.8, 4) is 0 Å². The number of nitrogens with one attached hydrogen (secondary N) is 1. The summed E-state index contributed by atoms with van der Waals surface area (Å²) in [6, 6.07) is 7.47. The number of benzene rings is 1. The zero-order valence-corrected chi connectivity index (χ0v) is 15.8. The zero-order chi connectivity index (χ0) is 18.7. The van der Waals surface area contributed by atoms with Gasteiger partial charge in [-0.3, -0.25) is 4.79 Å². The molecule has 2 atom stereocenters. The van der Waals surface area contributed by atoms with Crippen LogP contribution in [0.3, 0.4) is 0 Å². The van der Waals surface area contributed by atoms with E-state index in [0.29, 0.717) is 26.2 Å². The van der Waals surface area contributed by atoms with E-state index in [1.54, 1.807) is 6.33 Å². The highest BCUT2D eigenvalue weighted by Crippen LogP contribution is 2.18. The Labute approximate surface area is 153 Å². The first kappa shape index (κ1) is 18.8. The van der Waals surface area contributed by atoms with Gasteiger partial charge < -0.3 is 14.6 Å². The van der Waals surface area contributed by atoms with Crippen LogP contribution >= 0.6 is 0 Å². The average Bonchev–Trinajstić information content (AvgIpc) is 3.19. The van der Waals surface area contributed by atoms with Gasteiger partial charge in [-0.15, -0.1) is 0 Å². The Kier molecular flexibility index (Phi) is 5.59. The van der Waals surface area contributed by atoms with Gasteiger partial charge in [0.1, 0.15) is 0 Å². The first-order chi connectivity index (χ1) is 12.4. The number of sulfonamides is 1. The van der Waals surface area contributed by atoms with Crippen LogP contribution in [0.2, 0.25) is 0 Å². The Bertz CT molecular complexity index is 878. The van der Waals surface area contributed by atoms with Crippen LogP contribution < -0.4 is 5.32 Å². The number of carbonyl (C=O) groups excluding carboxylic acids is 1. The van der Waals surface area contributed by atoms with Crippen molar-refractivity contribution in [1.82, 2.24) is 19.2 Å². The fraction of sp³-hybridized carbons (Fsp3) is 0.529. The molecule has 0 saturated carbocycles. The normalized spacial score (nSPS) is 20.7. The number of fused-ring (bicyclic) bond motifs is 1. The maximum Gasteiger partial charge on any atom is 0.222 e. The van der Waals surface area contributed by atoms with Gasteiger partial charge in [0, 0.05) is 33.0 Å². The van der Waals surface area contributed by atoms with Gasteiger partial charge in [-0.1, -0.05) is 12.1 Å². The summed E-state index contributed by atoms with van der Waals surface area (Å²) < 4.78 is 32.7. The fourth-order valence-corrected chi connectivity index (χ4v) is 4.20. The van der Waals surface area contributed by atoms with E-state index in [4.69, 9.17) is 4.74 Å². The highest BCUT2D eigenvalue weighted by atomic mass is 32.2. The Hall–Kier alpha value is -1.97. The topological polar surface area (TPSA) is 93.5 Å². The molecule has 0 aliphatic carbocycles. The van der Waals surface area contributed by atoms with Crippen molar-refractivity contribution in [1.29, 1.82) is 0 Å². The van der Waals surface area contributed by atoms with E-state index >= 15 is 0 Å². The lowest BCUT2D eigenvalue weighted by atomic mass is 10.1. The Balaban J connectivity index is 1.55. The highest BCUT2D eigenvalue weighted by Gasteiger charge is 2.34. The summed E-state index contributed by atoms with van der Waals surface area (Å²) in [7, 11) is -0.317. The van der Waals surface area contributed by atoms with Crippen LogP contribution in [0.25, 0.3) is 11.0 Å². The number of hydrogen-bond donors (Lipinski definition) is 1. The third-order valence-electron chi connectivity index (χ3n) is 4.63. The molecule has 2 aromatic rings. The van der Waals surface area contributed by atoms with Gasteiger partial charge in [-0.25, -0.2) is 17.7 Å². The molecule has 26 heavy (non-hydrogen) atoms. The largest absolute Gasteiger partial charge is 0.379 e. The molecule has 1 aromatic heterocycles. The monoisotopic (exact) mass is 380 g/mol. The molecule has 8 nitrogen and oxygen atoms in total. The average molecular weight is 380 g/mol. The summed E-state index contributed by atoms with van der Waals surface area (Å²) in [4.78, 5) is 16.6. The van der Waals surface area contributed by atoms with E-state index in [0.717, 1.165) is 11.0 Å². The maximum atomic E-state index is 12.3. The van der Waals surface area contributed by atoms with Gasteiger partial charge in [0.25, 0.3) is 0 Å². The molecule has 2 heterocycles. The van der Waals surface area contributed by atoms with E-state index in [2.05, 4.69) is 10.3 Å². The van der Waals surface area contributed by atoms with Crippen molar-refractivity contribution >= 4 is 27.0 Å².